The minimum absolute atomic E-state index is 0.164. The molecule has 4 rings (SSSR count). The highest BCUT2D eigenvalue weighted by molar-refractivity contribution is 7.15. The molecular formula is C22H20N4O3S. The van der Waals surface area contributed by atoms with Gasteiger partial charge in [-0.2, -0.15) is 0 Å². The SMILES string of the molecule is CC(C)CN1C(=O)c2ccc(C(=O)Nc3nnc(Cc4ccccc4)s3)cc2C1=O. The van der Waals surface area contributed by atoms with E-state index in [0.717, 1.165) is 10.6 Å². The Hall–Kier alpha value is -3.39. The number of imide groups is 1. The molecule has 0 spiro atoms. The third-order valence-electron chi connectivity index (χ3n) is 4.67. The lowest BCUT2D eigenvalue weighted by atomic mass is 10.1. The number of fused-ring (bicyclic) bond motifs is 1. The van der Waals surface area contributed by atoms with Gasteiger partial charge in [0.25, 0.3) is 17.7 Å². The van der Waals surface area contributed by atoms with Gasteiger partial charge in [0.2, 0.25) is 5.13 Å². The van der Waals surface area contributed by atoms with E-state index in [4.69, 9.17) is 0 Å². The van der Waals surface area contributed by atoms with E-state index in [2.05, 4.69) is 15.5 Å². The smallest absolute Gasteiger partial charge is 0.261 e. The number of anilines is 1. The molecular weight excluding hydrogens is 400 g/mol. The number of rotatable bonds is 6. The third kappa shape index (κ3) is 3.99. The molecule has 0 fully saturated rings. The second-order valence-electron chi connectivity index (χ2n) is 7.49. The molecule has 1 aromatic heterocycles. The lowest BCUT2D eigenvalue weighted by Crippen LogP contribution is -2.33. The van der Waals surface area contributed by atoms with Crippen LogP contribution >= 0.6 is 11.3 Å². The first kappa shape index (κ1) is 19.9. The van der Waals surface area contributed by atoms with E-state index in [-0.39, 0.29) is 23.3 Å². The predicted octanol–water partition coefficient (Wildman–Crippen LogP) is 3.63. The van der Waals surface area contributed by atoms with Crippen LogP contribution in [0.5, 0.6) is 0 Å². The van der Waals surface area contributed by atoms with Gasteiger partial charge in [0.1, 0.15) is 5.01 Å². The molecule has 2 heterocycles. The summed E-state index contributed by atoms with van der Waals surface area (Å²) in [5, 5.41) is 12.0. The second-order valence-corrected chi connectivity index (χ2v) is 8.55. The maximum Gasteiger partial charge on any atom is 0.261 e. The van der Waals surface area contributed by atoms with Crippen molar-refractivity contribution in [1.29, 1.82) is 0 Å². The Bertz CT molecular complexity index is 1120. The molecule has 0 saturated heterocycles. The van der Waals surface area contributed by atoms with Gasteiger partial charge in [0.15, 0.2) is 0 Å². The average Bonchev–Trinajstić information content (AvgIpc) is 3.26. The predicted molar refractivity (Wildman–Crippen MR) is 114 cm³/mol. The molecule has 0 radical (unpaired) electrons. The maximum absolute atomic E-state index is 12.6. The van der Waals surface area contributed by atoms with Crippen LogP contribution in [0.2, 0.25) is 0 Å². The van der Waals surface area contributed by atoms with Crippen molar-refractivity contribution in [1.82, 2.24) is 15.1 Å². The van der Waals surface area contributed by atoms with Crippen molar-refractivity contribution < 1.29 is 14.4 Å². The highest BCUT2D eigenvalue weighted by atomic mass is 32.1. The molecule has 0 unspecified atom stereocenters. The first-order chi connectivity index (χ1) is 14.4. The van der Waals surface area contributed by atoms with Gasteiger partial charge in [-0.3, -0.25) is 24.6 Å². The van der Waals surface area contributed by atoms with E-state index >= 15 is 0 Å². The van der Waals surface area contributed by atoms with Gasteiger partial charge >= 0.3 is 0 Å². The Morgan fingerprint density at radius 3 is 2.50 bits per heavy atom. The fourth-order valence-electron chi connectivity index (χ4n) is 3.28. The summed E-state index contributed by atoms with van der Waals surface area (Å²) in [6.07, 6.45) is 0.634. The zero-order chi connectivity index (χ0) is 21.3. The van der Waals surface area contributed by atoms with E-state index in [9.17, 15) is 14.4 Å². The lowest BCUT2D eigenvalue weighted by molar-refractivity contribution is 0.0636. The quantitative estimate of drug-likeness (QED) is 0.615. The number of aromatic nitrogens is 2. The second kappa shape index (κ2) is 8.16. The molecule has 30 heavy (non-hydrogen) atoms. The van der Waals surface area contributed by atoms with Crippen LogP contribution in [0.25, 0.3) is 0 Å². The largest absolute Gasteiger partial charge is 0.296 e. The van der Waals surface area contributed by atoms with E-state index in [0.29, 0.717) is 29.2 Å². The molecule has 152 valence electrons. The summed E-state index contributed by atoms with van der Waals surface area (Å²) in [6, 6.07) is 14.4. The Balaban J connectivity index is 1.47. The number of benzene rings is 2. The van der Waals surface area contributed by atoms with E-state index in [1.807, 2.05) is 44.2 Å². The van der Waals surface area contributed by atoms with E-state index < -0.39 is 5.91 Å². The summed E-state index contributed by atoms with van der Waals surface area (Å²) < 4.78 is 0. The molecule has 3 amide bonds. The number of nitrogens with one attached hydrogen (secondary N) is 1. The first-order valence-electron chi connectivity index (χ1n) is 9.60. The van der Waals surface area contributed by atoms with Gasteiger partial charge in [0, 0.05) is 18.5 Å². The molecule has 1 aliphatic heterocycles. The number of carbonyl (C=O) groups is 3. The van der Waals surface area contributed by atoms with Crippen molar-refractivity contribution in [2.24, 2.45) is 5.92 Å². The number of hydrogen-bond donors (Lipinski definition) is 1. The van der Waals surface area contributed by atoms with Gasteiger partial charge < -0.3 is 0 Å². The number of amides is 3. The minimum atomic E-state index is -0.400. The van der Waals surface area contributed by atoms with Crippen molar-refractivity contribution in [3.63, 3.8) is 0 Å². The van der Waals surface area contributed by atoms with Crippen molar-refractivity contribution in [2.75, 3.05) is 11.9 Å². The molecule has 0 saturated carbocycles. The van der Waals surface area contributed by atoms with Crippen molar-refractivity contribution >= 4 is 34.2 Å². The highest BCUT2D eigenvalue weighted by Gasteiger charge is 2.36. The van der Waals surface area contributed by atoms with Crippen LogP contribution in [0.3, 0.4) is 0 Å². The van der Waals surface area contributed by atoms with Gasteiger partial charge in [-0.25, -0.2) is 0 Å². The van der Waals surface area contributed by atoms with Crippen molar-refractivity contribution in [3.05, 3.63) is 75.8 Å². The first-order valence-corrected chi connectivity index (χ1v) is 10.4. The monoisotopic (exact) mass is 420 g/mol. The Labute approximate surface area is 177 Å². The Morgan fingerprint density at radius 2 is 1.77 bits per heavy atom. The molecule has 8 heteroatoms. The molecule has 0 aliphatic carbocycles. The summed E-state index contributed by atoms with van der Waals surface area (Å²) in [6.45, 7) is 4.23. The Morgan fingerprint density at radius 1 is 1.03 bits per heavy atom. The van der Waals surface area contributed by atoms with Crippen LogP contribution in [0, 0.1) is 5.92 Å². The van der Waals surface area contributed by atoms with Crippen molar-refractivity contribution in [3.8, 4) is 0 Å². The van der Waals surface area contributed by atoms with Gasteiger partial charge in [-0.15, -0.1) is 10.2 Å². The lowest BCUT2D eigenvalue weighted by Gasteiger charge is -2.15. The van der Waals surface area contributed by atoms with Gasteiger partial charge in [0.05, 0.1) is 11.1 Å². The summed E-state index contributed by atoms with van der Waals surface area (Å²) in [5.74, 6) is -0.912. The zero-order valence-corrected chi connectivity index (χ0v) is 17.4. The van der Waals surface area contributed by atoms with E-state index in [1.54, 1.807) is 6.07 Å². The Kier molecular flexibility index (Phi) is 5.41. The van der Waals surface area contributed by atoms with Crippen LogP contribution in [0.15, 0.2) is 48.5 Å². The molecule has 2 aromatic carbocycles. The molecule has 1 aliphatic rings. The zero-order valence-electron chi connectivity index (χ0n) is 16.6. The standard InChI is InChI=1S/C22H20N4O3S/c1-13(2)12-26-20(28)16-9-8-15(11-17(16)21(26)29)19(27)23-22-25-24-18(30-22)10-14-6-4-3-5-7-14/h3-9,11,13H,10,12H2,1-2H3,(H,23,25,27). The fourth-order valence-corrected chi connectivity index (χ4v) is 4.05. The molecule has 0 atom stereocenters. The van der Waals surface area contributed by atoms with Crippen LogP contribution in [-0.2, 0) is 6.42 Å². The molecule has 1 N–H and O–H groups in total. The average molecular weight is 420 g/mol. The normalized spacial score (nSPS) is 13.1. The van der Waals surface area contributed by atoms with Crippen LogP contribution < -0.4 is 5.32 Å². The molecule has 7 nitrogen and oxygen atoms in total. The van der Waals surface area contributed by atoms with Gasteiger partial charge in [-0.1, -0.05) is 55.5 Å². The summed E-state index contributed by atoms with van der Waals surface area (Å²) in [7, 11) is 0. The van der Waals surface area contributed by atoms with Crippen molar-refractivity contribution in [2.45, 2.75) is 20.3 Å². The number of nitrogens with zero attached hydrogens (tertiary/aromatic N) is 3. The summed E-state index contributed by atoms with van der Waals surface area (Å²) in [4.78, 5) is 38.9. The summed E-state index contributed by atoms with van der Waals surface area (Å²) >= 11 is 1.30. The fraction of sp³-hybridized carbons (Fsp3) is 0.227. The van der Waals surface area contributed by atoms with E-state index in [1.165, 1.54) is 28.4 Å². The van der Waals surface area contributed by atoms with Gasteiger partial charge in [-0.05, 0) is 29.7 Å². The molecule has 3 aromatic rings. The maximum atomic E-state index is 12.6. The summed E-state index contributed by atoms with van der Waals surface area (Å²) in [5.41, 5.74) is 1.99. The number of hydrogen-bond acceptors (Lipinski definition) is 6. The minimum Gasteiger partial charge on any atom is -0.296 e. The highest BCUT2D eigenvalue weighted by Crippen LogP contribution is 2.26. The third-order valence-corrected chi connectivity index (χ3v) is 5.50. The van der Waals surface area contributed by atoms with Crippen LogP contribution in [0.4, 0.5) is 5.13 Å². The number of carbonyl (C=O) groups excluding carboxylic acids is 3. The van der Waals surface area contributed by atoms with Crippen LogP contribution in [0.1, 0.15) is 55.5 Å². The topological polar surface area (TPSA) is 92.3 Å². The molecule has 0 bridgehead atoms. The van der Waals surface area contributed by atoms with Crippen LogP contribution in [-0.4, -0.2) is 39.4 Å².